The van der Waals surface area contributed by atoms with Crippen molar-refractivity contribution in [2.45, 2.75) is 38.4 Å². The highest BCUT2D eigenvalue weighted by Crippen LogP contribution is 2.30. The van der Waals surface area contributed by atoms with Crippen LogP contribution in [0.15, 0.2) is 64.6 Å². The van der Waals surface area contributed by atoms with Gasteiger partial charge in [-0.15, -0.1) is 0 Å². The van der Waals surface area contributed by atoms with Gasteiger partial charge in [-0.25, -0.2) is 4.98 Å². The predicted octanol–water partition coefficient (Wildman–Crippen LogP) is 4.57. The molecule has 1 fully saturated rings. The van der Waals surface area contributed by atoms with Crippen LogP contribution < -0.4 is 15.9 Å². The number of carbonyl (C=O) groups excluding carboxylic acids is 1. The molecule has 37 heavy (non-hydrogen) atoms. The van der Waals surface area contributed by atoms with Gasteiger partial charge in [0.1, 0.15) is 0 Å². The standard InChI is InChI=1S/C26H25ClF3N5O2/c27-20-9-5-18(6-10-20)23(36)33-14-11-22-21(16-33)24(37)35(34-12-1-2-13-34)25(32-22)31-15-17-3-7-19(8-4-17)26(28,29)30/h3,5-10,15H,1-2,4,11-14,16H2,(H,31,32). The average Bonchev–Trinajstić information content (AvgIpc) is 3.41. The van der Waals surface area contributed by atoms with E-state index in [2.05, 4.69) is 5.32 Å². The fourth-order valence-corrected chi connectivity index (χ4v) is 4.83. The first kappa shape index (κ1) is 25.1. The molecule has 11 heteroatoms. The zero-order valence-electron chi connectivity index (χ0n) is 19.9. The molecule has 1 saturated heterocycles. The molecule has 0 radical (unpaired) electrons. The van der Waals surface area contributed by atoms with Crippen molar-refractivity contribution in [3.63, 3.8) is 0 Å². The van der Waals surface area contributed by atoms with Gasteiger partial charge in [0.2, 0.25) is 5.95 Å². The number of halogens is 4. The van der Waals surface area contributed by atoms with Crippen LogP contribution in [0.25, 0.3) is 0 Å². The van der Waals surface area contributed by atoms with E-state index >= 15 is 0 Å². The second kappa shape index (κ2) is 10.1. The van der Waals surface area contributed by atoms with Crippen LogP contribution in [0, 0.1) is 0 Å². The maximum atomic E-state index is 13.7. The minimum atomic E-state index is -4.38. The molecule has 7 nitrogen and oxygen atoms in total. The number of alkyl halides is 3. The van der Waals surface area contributed by atoms with Crippen LogP contribution in [0.2, 0.25) is 5.02 Å². The normalized spacial score (nSPS) is 18.7. The first-order chi connectivity index (χ1) is 17.7. The highest BCUT2D eigenvalue weighted by atomic mass is 35.5. The number of nitrogens with one attached hydrogen (secondary N) is 1. The number of anilines is 1. The van der Waals surface area contributed by atoms with Gasteiger partial charge in [0.25, 0.3) is 11.5 Å². The van der Waals surface area contributed by atoms with Crippen LogP contribution in [0.5, 0.6) is 0 Å². The fraction of sp³-hybridized carbons (Fsp3) is 0.346. The second-order valence-electron chi connectivity index (χ2n) is 9.18. The molecule has 5 rings (SSSR count). The minimum absolute atomic E-state index is 0.110. The second-order valence-corrected chi connectivity index (χ2v) is 9.62. The van der Waals surface area contributed by atoms with Crippen LogP contribution in [0.3, 0.4) is 0 Å². The summed E-state index contributed by atoms with van der Waals surface area (Å²) < 4.78 is 40.2. The Hall–Kier alpha value is -3.53. The summed E-state index contributed by atoms with van der Waals surface area (Å²) in [5.41, 5.74) is 1.28. The predicted molar refractivity (Wildman–Crippen MR) is 135 cm³/mol. The lowest BCUT2D eigenvalue weighted by Crippen LogP contribution is -2.47. The number of fused-ring (bicyclic) bond motifs is 1. The molecule has 3 aliphatic rings. The average molecular weight is 532 g/mol. The Morgan fingerprint density at radius 1 is 1.08 bits per heavy atom. The van der Waals surface area contributed by atoms with Crippen LogP contribution in [0.1, 0.15) is 40.9 Å². The van der Waals surface area contributed by atoms with Crippen molar-refractivity contribution < 1.29 is 18.0 Å². The van der Waals surface area contributed by atoms with E-state index in [0.29, 0.717) is 59.4 Å². The van der Waals surface area contributed by atoms with Gasteiger partial charge < -0.3 is 15.2 Å². The van der Waals surface area contributed by atoms with E-state index in [9.17, 15) is 22.8 Å². The third-order valence-corrected chi connectivity index (χ3v) is 6.95. The van der Waals surface area contributed by atoms with Gasteiger partial charge >= 0.3 is 6.18 Å². The summed E-state index contributed by atoms with van der Waals surface area (Å²) in [6.45, 7) is 1.90. The van der Waals surface area contributed by atoms with E-state index in [1.54, 1.807) is 35.4 Å². The first-order valence-corrected chi connectivity index (χ1v) is 12.4. The number of benzene rings is 1. The highest BCUT2D eigenvalue weighted by Gasteiger charge is 2.32. The van der Waals surface area contributed by atoms with E-state index in [1.807, 2.05) is 5.01 Å². The number of allylic oxidation sites excluding steroid dienone is 5. The molecule has 3 heterocycles. The molecule has 1 aromatic heterocycles. The molecule has 0 bridgehead atoms. The molecule has 0 spiro atoms. The van der Waals surface area contributed by atoms with Crippen LogP contribution in [-0.2, 0) is 13.0 Å². The van der Waals surface area contributed by atoms with Crippen molar-refractivity contribution in [2.24, 2.45) is 0 Å². The quantitative estimate of drug-likeness (QED) is 0.626. The van der Waals surface area contributed by atoms with Crippen molar-refractivity contribution in [3.8, 4) is 0 Å². The van der Waals surface area contributed by atoms with E-state index in [0.717, 1.165) is 25.0 Å². The molecule has 0 saturated carbocycles. The van der Waals surface area contributed by atoms with Gasteiger partial charge in [-0.1, -0.05) is 23.8 Å². The summed E-state index contributed by atoms with van der Waals surface area (Å²) in [6, 6.07) is 6.63. The van der Waals surface area contributed by atoms with Crippen LogP contribution in [-0.4, -0.2) is 46.3 Å². The van der Waals surface area contributed by atoms with Crippen LogP contribution in [0.4, 0.5) is 19.1 Å². The number of nitrogens with zero attached hydrogens (tertiary/aromatic N) is 4. The molecule has 194 valence electrons. The van der Waals surface area contributed by atoms with Crippen molar-refractivity contribution in [1.29, 1.82) is 0 Å². The fourth-order valence-electron chi connectivity index (χ4n) is 4.71. The molecule has 2 aliphatic heterocycles. The summed E-state index contributed by atoms with van der Waals surface area (Å²) in [7, 11) is 0. The number of hydrogen-bond donors (Lipinski definition) is 1. The van der Waals surface area contributed by atoms with Crippen molar-refractivity contribution in [2.75, 3.05) is 30.0 Å². The van der Waals surface area contributed by atoms with E-state index < -0.39 is 11.7 Å². The monoisotopic (exact) mass is 531 g/mol. The van der Waals surface area contributed by atoms with E-state index in [4.69, 9.17) is 16.6 Å². The molecular weight excluding hydrogens is 507 g/mol. The zero-order valence-corrected chi connectivity index (χ0v) is 20.6. The Labute approximate surface area is 216 Å². The number of hydrogen-bond acceptors (Lipinski definition) is 5. The summed E-state index contributed by atoms with van der Waals surface area (Å²) in [6.07, 6.45) is 3.16. The van der Waals surface area contributed by atoms with Crippen molar-refractivity contribution in [1.82, 2.24) is 14.6 Å². The lowest BCUT2D eigenvalue weighted by atomic mass is 10.0. The lowest BCUT2D eigenvalue weighted by Gasteiger charge is -2.31. The van der Waals surface area contributed by atoms with E-state index in [1.165, 1.54) is 10.8 Å². The molecule has 1 amide bonds. The summed E-state index contributed by atoms with van der Waals surface area (Å²) >= 11 is 5.94. The summed E-state index contributed by atoms with van der Waals surface area (Å²) in [4.78, 5) is 33.1. The molecule has 1 aromatic carbocycles. The molecule has 0 atom stereocenters. The van der Waals surface area contributed by atoms with E-state index in [-0.39, 0.29) is 24.4 Å². The topological polar surface area (TPSA) is 70.5 Å². The summed E-state index contributed by atoms with van der Waals surface area (Å²) in [5.74, 6) is 0.131. The maximum Gasteiger partial charge on any atom is 0.416 e. The highest BCUT2D eigenvalue weighted by molar-refractivity contribution is 6.30. The Kier molecular flexibility index (Phi) is 6.85. The molecule has 1 aliphatic carbocycles. The van der Waals surface area contributed by atoms with Gasteiger partial charge in [-0.2, -0.15) is 17.8 Å². The number of aromatic nitrogens is 2. The van der Waals surface area contributed by atoms with Gasteiger partial charge in [0, 0.05) is 42.8 Å². The Balaban J connectivity index is 1.42. The zero-order chi connectivity index (χ0) is 26.2. The lowest BCUT2D eigenvalue weighted by molar-refractivity contribution is -0.0885. The molecule has 1 N–H and O–H groups in total. The third-order valence-electron chi connectivity index (χ3n) is 6.70. The van der Waals surface area contributed by atoms with Crippen molar-refractivity contribution in [3.05, 3.63) is 92.0 Å². The van der Waals surface area contributed by atoms with Gasteiger partial charge in [-0.3, -0.25) is 9.59 Å². The Morgan fingerprint density at radius 3 is 2.46 bits per heavy atom. The third kappa shape index (κ3) is 5.29. The Morgan fingerprint density at radius 2 is 1.81 bits per heavy atom. The Bertz CT molecular complexity index is 1360. The van der Waals surface area contributed by atoms with Crippen molar-refractivity contribution >= 4 is 23.5 Å². The van der Waals surface area contributed by atoms with Gasteiger partial charge in [0.05, 0.1) is 23.4 Å². The SMILES string of the molecule is O=C(c1ccc(Cl)cc1)N1CCc2nc(NC=C3C=CC(C(F)(F)F)=CC3)n(N3CCCC3)c(=O)c2C1. The molecular formula is C26H25ClF3N5O2. The molecule has 0 unspecified atom stereocenters. The minimum Gasteiger partial charge on any atom is -0.334 e. The molecule has 2 aromatic rings. The van der Waals surface area contributed by atoms with Crippen LogP contribution >= 0.6 is 11.6 Å². The number of carbonyl (C=O) groups is 1. The maximum absolute atomic E-state index is 13.7. The largest absolute Gasteiger partial charge is 0.416 e. The smallest absolute Gasteiger partial charge is 0.334 e. The first-order valence-electron chi connectivity index (χ1n) is 12.1. The van der Waals surface area contributed by atoms with Gasteiger partial charge in [0.15, 0.2) is 0 Å². The number of rotatable bonds is 4. The number of amides is 1. The van der Waals surface area contributed by atoms with Gasteiger partial charge in [-0.05, 0) is 55.2 Å². The summed E-state index contributed by atoms with van der Waals surface area (Å²) in [5, 5.41) is 5.51.